The van der Waals surface area contributed by atoms with Crippen molar-refractivity contribution in [2.24, 2.45) is 0 Å². The lowest BCUT2D eigenvalue weighted by Crippen LogP contribution is -1.83. The number of hydrogen-bond acceptors (Lipinski definition) is 4. The van der Waals surface area contributed by atoms with Crippen LogP contribution in [0.4, 0.5) is 0 Å². The van der Waals surface area contributed by atoms with Gasteiger partial charge in [-0.1, -0.05) is 35.0 Å². The van der Waals surface area contributed by atoms with E-state index in [0.29, 0.717) is 27.9 Å². The summed E-state index contributed by atoms with van der Waals surface area (Å²) < 4.78 is 5.22. The molecule has 100 valence electrons. The first-order valence-corrected chi connectivity index (χ1v) is 6.41. The monoisotopic (exact) mass is 286 g/mol. The molecule has 0 saturated heterocycles. The van der Waals surface area contributed by atoms with Gasteiger partial charge >= 0.3 is 0 Å². The van der Waals surface area contributed by atoms with Gasteiger partial charge < -0.3 is 9.63 Å². The fourth-order valence-electron chi connectivity index (χ4n) is 1.84. The van der Waals surface area contributed by atoms with Crippen LogP contribution in [-0.2, 0) is 0 Å². The smallest absolute Gasteiger partial charge is 0.258 e. The molecule has 2 aromatic carbocycles. The molecule has 0 aliphatic rings. The number of hydrogen-bond donors (Lipinski definition) is 1. The summed E-state index contributed by atoms with van der Waals surface area (Å²) >= 11 is 6.10. The molecule has 0 unspecified atom stereocenters. The van der Waals surface area contributed by atoms with Gasteiger partial charge in [0, 0.05) is 11.1 Å². The Labute approximate surface area is 120 Å². The first-order valence-electron chi connectivity index (χ1n) is 6.04. The molecule has 3 aromatic rings. The average molecular weight is 287 g/mol. The highest BCUT2D eigenvalue weighted by Gasteiger charge is 2.13. The second kappa shape index (κ2) is 4.98. The first kappa shape index (κ1) is 12.7. The molecule has 0 aliphatic carbocycles. The molecular formula is C15H11ClN2O2. The molecule has 4 nitrogen and oxygen atoms in total. The number of aromatic nitrogens is 2. The molecule has 20 heavy (non-hydrogen) atoms. The van der Waals surface area contributed by atoms with Gasteiger partial charge in [-0.2, -0.15) is 4.98 Å². The Morgan fingerprint density at radius 3 is 2.70 bits per heavy atom. The molecule has 1 N–H and O–H groups in total. The van der Waals surface area contributed by atoms with Crippen molar-refractivity contribution in [2.45, 2.75) is 6.92 Å². The Morgan fingerprint density at radius 1 is 1.15 bits per heavy atom. The zero-order valence-corrected chi connectivity index (χ0v) is 11.4. The molecule has 5 heteroatoms. The zero-order valence-electron chi connectivity index (χ0n) is 10.7. The Hall–Kier alpha value is -2.33. The van der Waals surface area contributed by atoms with E-state index >= 15 is 0 Å². The topological polar surface area (TPSA) is 59.2 Å². The van der Waals surface area contributed by atoms with E-state index in [-0.39, 0.29) is 5.75 Å². The van der Waals surface area contributed by atoms with E-state index in [4.69, 9.17) is 16.1 Å². The van der Waals surface area contributed by atoms with Gasteiger partial charge in [-0.05, 0) is 36.8 Å². The maximum Gasteiger partial charge on any atom is 0.258 e. The van der Waals surface area contributed by atoms with Crippen molar-refractivity contribution in [2.75, 3.05) is 0 Å². The third-order valence-electron chi connectivity index (χ3n) is 3.00. The number of phenols is 1. The number of aromatic hydroxyl groups is 1. The van der Waals surface area contributed by atoms with Crippen LogP contribution >= 0.6 is 11.6 Å². The van der Waals surface area contributed by atoms with Crippen molar-refractivity contribution < 1.29 is 9.63 Å². The number of nitrogens with zero attached hydrogens (tertiary/aromatic N) is 2. The van der Waals surface area contributed by atoms with Crippen LogP contribution < -0.4 is 0 Å². The number of benzene rings is 2. The third kappa shape index (κ3) is 2.26. The highest BCUT2D eigenvalue weighted by atomic mass is 35.5. The maximum atomic E-state index is 9.72. The number of phenolic OH excluding ortho intramolecular Hbond substituents is 1. The van der Waals surface area contributed by atoms with Crippen molar-refractivity contribution in [3.8, 4) is 28.6 Å². The summed E-state index contributed by atoms with van der Waals surface area (Å²) in [6.07, 6.45) is 0. The van der Waals surface area contributed by atoms with Gasteiger partial charge in [0.05, 0.1) is 5.02 Å². The van der Waals surface area contributed by atoms with Crippen LogP contribution in [0.15, 0.2) is 47.0 Å². The van der Waals surface area contributed by atoms with Crippen LogP contribution in [0.25, 0.3) is 22.8 Å². The van der Waals surface area contributed by atoms with E-state index in [0.717, 1.165) is 5.56 Å². The molecule has 0 bridgehead atoms. The maximum absolute atomic E-state index is 9.72. The van der Waals surface area contributed by atoms with E-state index in [2.05, 4.69) is 10.1 Å². The molecule has 3 rings (SSSR count). The summed E-state index contributed by atoms with van der Waals surface area (Å²) in [5.74, 6) is 0.959. The van der Waals surface area contributed by atoms with E-state index < -0.39 is 0 Å². The molecule has 0 amide bonds. The van der Waals surface area contributed by atoms with Crippen LogP contribution in [0, 0.1) is 6.92 Å². The van der Waals surface area contributed by atoms with Gasteiger partial charge in [-0.15, -0.1) is 0 Å². The zero-order chi connectivity index (χ0) is 14.1. The summed E-state index contributed by atoms with van der Waals surface area (Å²) in [7, 11) is 0. The van der Waals surface area contributed by atoms with Gasteiger partial charge in [0.15, 0.2) is 0 Å². The van der Waals surface area contributed by atoms with Crippen LogP contribution in [0.2, 0.25) is 5.02 Å². The predicted molar refractivity (Wildman–Crippen MR) is 76.6 cm³/mol. The number of rotatable bonds is 2. The van der Waals surface area contributed by atoms with E-state index in [1.807, 2.05) is 31.2 Å². The summed E-state index contributed by atoms with van der Waals surface area (Å²) in [6.45, 7) is 1.82. The Balaban J connectivity index is 2.02. The van der Waals surface area contributed by atoms with Crippen molar-refractivity contribution in [1.29, 1.82) is 0 Å². The quantitative estimate of drug-likeness (QED) is 0.771. The number of aryl methyl sites for hydroxylation is 1. The lowest BCUT2D eigenvalue weighted by Gasteiger charge is -1.99. The van der Waals surface area contributed by atoms with Crippen LogP contribution in [0.1, 0.15) is 5.56 Å². The lowest BCUT2D eigenvalue weighted by molar-refractivity contribution is 0.431. The summed E-state index contributed by atoms with van der Waals surface area (Å²) in [6, 6.07) is 12.5. The number of halogens is 1. The second-order valence-electron chi connectivity index (χ2n) is 4.40. The fourth-order valence-corrected chi connectivity index (χ4v) is 2.06. The Kier molecular flexibility index (Phi) is 3.16. The highest BCUT2D eigenvalue weighted by Crippen LogP contribution is 2.29. The third-order valence-corrected chi connectivity index (χ3v) is 3.33. The minimum absolute atomic E-state index is 0.194. The SMILES string of the molecule is Cc1ccc(-c2nc(-c3ccccc3Cl)no2)cc1O. The summed E-state index contributed by atoms with van der Waals surface area (Å²) in [5, 5.41) is 14.2. The van der Waals surface area contributed by atoms with Crippen molar-refractivity contribution in [3.05, 3.63) is 53.1 Å². The normalized spacial score (nSPS) is 10.7. The first-order chi connectivity index (χ1) is 9.65. The highest BCUT2D eigenvalue weighted by molar-refractivity contribution is 6.33. The van der Waals surface area contributed by atoms with Gasteiger partial charge in [0.1, 0.15) is 5.75 Å². The standard InChI is InChI=1S/C15H11ClN2O2/c1-9-6-7-10(8-13(9)19)15-17-14(18-20-15)11-4-2-3-5-12(11)16/h2-8,19H,1H3. The van der Waals surface area contributed by atoms with Gasteiger partial charge in [0.25, 0.3) is 5.89 Å². The average Bonchev–Trinajstić information content (AvgIpc) is 2.92. The summed E-state index contributed by atoms with van der Waals surface area (Å²) in [4.78, 5) is 4.31. The molecule has 0 saturated carbocycles. The Morgan fingerprint density at radius 2 is 1.95 bits per heavy atom. The molecule has 0 spiro atoms. The molecule has 0 radical (unpaired) electrons. The predicted octanol–water partition coefficient (Wildman–Crippen LogP) is 4.07. The molecule has 1 heterocycles. The molecule has 0 atom stereocenters. The second-order valence-corrected chi connectivity index (χ2v) is 4.81. The van der Waals surface area contributed by atoms with E-state index in [1.165, 1.54) is 0 Å². The fraction of sp³-hybridized carbons (Fsp3) is 0.0667. The van der Waals surface area contributed by atoms with Crippen molar-refractivity contribution >= 4 is 11.6 Å². The minimum Gasteiger partial charge on any atom is -0.508 e. The molecule has 1 aromatic heterocycles. The van der Waals surface area contributed by atoms with Gasteiger partial charge in [-0.3, -0.25) is 0 Å². The lowest BCUT2D eigenvalue weighted by atomic mass is 10.1. The van der Waals surface area contributed by atoms with Crippen LogP contribution in [0.5, 0.6) is 5.75 Å². The van der Waals surface area contributed by atoms with E-state index in [9.17, 15) is 5.11 Å². The van der Waals surface area contributed by atoms with Crippen molar-refractivity contribution in [1.82, 2.24) is 10.1 Å². The van der Waals surface area contributed by atoms with Crippen molar-refractivity contribution in [3.63, 3.8) is 0 Å². The largest absolute Gasteiger partial charge is 0.508 e. The van der Waals surface area contributed by atoms with E-state index in [1.54, 1.807) is 18.2 Å². The van der Waals surface area contributed by atoms with Crippen LogP contribution in [-0.4, -0.2) is 15.2 Å². The molecule has 0 fully saturated rings. The van der Waals surface area contributed by atoms with Gasteiger partial charge in [0.2, 0.25) is 5.82 Å². The minimum atomic E-state index is 0.194. The summed E-state index contributed by atoms with van der Waals surface area (Å²) in [5.41, 5.74) is 2.17. The molecule has 0 aliphatic heterocycles. The Bertz CT molecular complexity index is 768. The molecular weight excluding hydrogens is 276 g/mol. The van der Waals surface area contributed by atoms with Crippen LogP contribution in [0.3, 0.4) is 0 Å². The van der Waals surface area contributed by atoms with Gasteiger partial charge in [-0.25, -0.2) is 0 Å².